The first kappa shape index (κ1) is 15.9. The van der Waals surface area contributed by atoms with E-state index in [-0.39, 0.29) is 24.8 Å². The first-order chi connectivity index (χ1) is 11.6. The first-order valence-corrected chi connectivity index (χ1v) is 7.58. The lowest BCUT2D eigenvalue weighted by atomic mass is 9.99. The number of hydrogen-bond acceptors (Lipinski definition) is 4. The molecule has 0 spiro atoms. The number of aromatic carboxylic acids is 1. The molecular weight excluding hydrogens is 310 g/mol. The van der Waals surface area contributed by atoms with Crippen molar-refractivity contribution >= 4 is 12.1 Å². The van der Waals surface area contributed by atoms with E-state index in [4.69, 9.17) is 14.6 Å². The molecule has 0 aliphatic carbocycles. The van der Waals surface area contributed by atoms with Gasteiger partial charge in [-0.2, -0.15) is 0 Å². The Balaban J connectivity index is 1.57. The molecule has 2 aromatic rings. The predicted molar refractivity (Wildman–Crippen MR) is 86.2 cm³/mol. The highest BCUT2D eigenvalue weighted by molar-refractivity contribution is 5.91. The van der Waals surface area contributed by atoms with Crippen LogP contribution in [-0.2, 0) is 17.8 Å². The molecule has 0 saturated carbocycles. The first-order valence-electron chi connectivity index (χ1n) is 7.58. The second-order valence-electron chi connectivity index (χ2n) is 5.52. The van der Waals surface area contributed by atoms with Crippen LogP contribution in [0.25, 0.3) is 0 Å². The zero-order valence-corrected chi connectivity index (χ0v) is 12.9. The molecule has 1 aliphatic heterocycles. The molecule has 0 aromatic heterocycles. The molecule has 24 heavy (non-hydrogen) atoms. The molecule has 0 fully saturated rings. The largest absolute Gasteiger partial charge is 0.490 e. The molecule has 0 unspecified atom stereocenters. The lowest BCUT2D eigenvalue weighted by Gasteiger charge is -2.26. The minimum atomic E-state index is -1.03. The fraction of sp³-hybridized carbons (Fsp3) is 0.222. The van der Waals surface area contributed by atoms with Crippen molar-refractivity contribution in [3.63, 3.8) is 0 Å². The van der Waals surface area contributed by atoms with Gasteiger partial charge in [0.05, 0.1) is 6.04 Å². The number of rotatable bonds is 4. The van der Waals surface area contributed by atoms with E-state index >= 15 is 0 Å². The summed E-state index contributed by atoms with van der Waals surface area (Å²) in [5.41, 5.74) is 1.80. The van der Waals surface area contributed by atoms with Gasteiger partial charge in [0.1, 0.15) is 24.5 Å². The Labute approximate surface area is 139 Å². The van der Waals surface area contributed by atoms with Gasteiger partial charge >= 0.3 is 12.1 Å². The smallest absolute Gasteiger partial charge is 0.407 e. The summed E-state index contributed by atoms with van der Waals surface area (Å²) in [5, 5.41) is 11.9. The number of fused-ring (bicyclic) bond motifs is 1. The SMILES string of the molecule is O=C(N[C@@H]1COc2c(cccc2C(=O)O)C1)OCc1ccccc1. The number of para-hydroxylation sites is 1. The molecule has 1 aliphatic rings. The van der Waals surface area contributed by atoms with Crippen molar-refractivity contribution in [3.8, 4) is 5.75 Å². The van der Waals surface area contributed by atoms with Crippen molar-refractivity contribution in [2.75, 3.05) is 6.61 Å². The van der Waals surface area contributed by atoms with Crippen LogP contribution in [0.5, 0.6) is 5.75 Å². The van der Waals surface area contributed by atoms with Gasteiger partial charge in [-0.3, -0.25) is 0 Å². The molecule has 0 saturated heterocycles. The normalized spacial score (nSPS) is 15.8. The number of alkyl carbamates (subject to hydrolysis) is 1. The van der Waals surface area contributed by atoms with Crippen LogP contribution in [0.1, 0.15) is 21.5 Å². The number of amides is 1. The van der Waals surface area contributed by atoms with Crippen LogP contribution in [0.15, 0.2) is 48.5 Å². The van der Waals surface area contributed by atoms with Crippen molar-refractivity contribution in [3.05, 3.63) is 65.2 Å². The summed E-state index contributed by atoms with van der Waals surface area (Å²) in [6.07, 6.45) is -0.0260. The van der Waals surface area contributed by atoms with E-state index in [0.29, 0.717) is 12.2 Å². The Hall–Kier alpha value is -3.02. The molecule has 1 atom stereocenters. The van der Waals surface area contributed by atoms with Crippen LogP contribution in [0.3, 0.4) is 0 Å². The summed E-state index contributed by atoms with van der Waals surface area (Å²) in [6.45, 7) is 0.401. The molecule has 6 nitrogen and oxygen atoms in total. The van der Waals surface area contributed by atoms with E-state index in [1.807, 2.05) is 30.3 Å². The van der Waals surface area contributed by atoms with E-state index < -0.39 is 12.1 Å². The Kier molecular flexibility index (Phi) is 4.65. The van der Waals surface area contributed by atoms with Gasteiger partial charge in [0, 0.05) is 0 Å². The van der Waals surface area contributed by atoms with E-state index in [0.717, 1.165) is 11.1 Å². The highest BCUT2D eigenvalue weighted by Gasteiger charge is 2.25. The highest BCUT2D eigenvalue weighted by atomic mass is 16.5. The molecule has 2 aromatic carbocycles. The zero-order valence-electron chi connectivity index (χ0n) is 12.9. The summed E-state index contributed by atoms with van der Waals surface area (Å²) < 4.78 is 10.7. The number of ether oxygens (including phenoxy) is 2. The van der Waals surface area contributed by atoms with E-state index in [1.54, 1.807) is 12.1 Å². The van der Waals surface area contributed by atoms with Gasteiger partial charge in [-0.25, -0.2) is 9.59 Å². The molecule has 2 N–H and O–H groups in total. The third kappa shape index (κ3) is 3.65. The van der Waals surface area contributed by atoms with Crippen molar-refractivity contribution < 1.29 is 24.2 Å². The maximum atomic E-state index is 11.9. The van der Waals surface area contributed by atoms with Crippen LogP contribution in [0.4, 0.5) is 4.79 Å². The summed E-state index contributed by atoms with van der Waals surface area (Å²) in [6, 6.07) is 14.1. The number of carbonyl (C=O) groups excluding carboxylic acids is 1. The Morgan fingerprint density at radius 3 is 2.71 bits per heavy atom. The fourth-order valence-electron chi connectivity index (χ4n) is 2.62. The van der Waals surface area contributed by atoms with E-state index in [1.165, 1.54) is 6.07 Å². The van der Waals surface area contributed by atoms with Gasteiger partial charge in [-0.15, -0.1) is 0 Å². The Bertz CT molecular complexity index is 744. The van der Waals surface area contributed by atoms with Crippen molar-refractivity contribution in [2.45, 2.75) is 19.1 Å². The van der Waals surface area contributed by atoms with Crippen LogP contribution in [0, 0.1) is 0 Å². The van der Waals surface area contributed by atoms with Gasteiger partial charge < -0.3 is 19.9 Å². The Morgan fingerprint density at radius 1 is 1.17 bits per heavy atom. The number of carbonyl (C=O) groups is 2. The molecule has 6 heteroatoms. The summed E-state index contributed by atoms with van der Waals surface area (Å²) in [5.74, 6) is -0.652. The predicted octanol–water partition coefficient (Wildman–Crippen LogP) is 2.61. The van der Waals surface area contributed by atoms with Crippen LogP contribution >= 0.6 is 0 Å². The highest BCUT2D eigenvalue weighted by Crippen LogP contribution is 2.29. The van der Waals surface area contributed by atoms with Crippen molar-refractivity contribution in [1.82, 2.24) is 5.32 Å². The average Bonchev–Trinajstić information content (AvgIpc) is 2.60. The molecule has 0 bridgehead atoms. The fourth-order valence-corrected chi connectivity index (χ4v) is 2.62. The number of carboxylic acid groups (broad SMARTS) is 1. The maximum absolute atomic E-state index is 11.9. The van der Waals surface area contributed by atoms with Gasteiger partial charge in [0.2, 0.25) is 0 Å². The lowest BCUT2D eigenvalue weighted by molar-refractivity contribution is 0.0689. The number of carboxylic acids is 1. The summed E-state index contributed by atoms with van der Waals surface area (Å²) >= 11 is 0. The summed E-state index contributed by atoms with van der Waals surface area (Å²) in [7, 11) is 0. The molecule has 124 valence electrons. The molecular formula is C18H17NO5. The number of benzene rings is 2. The molecule has 0 radical (unpaired) electrons. The molecule has 1 amide bonds. The van der Waals surface area contributed by atoms with Crippen LogP contribution < -0.4 is 10.1 Å². The third-order valence-electron chi connectivity index (χ3n) is 3.76. The van der Waals surface area contributed by atoms with Crippen molar-refractivity contribution in [2.24, 2.45) is 0 Å². The van der Waals surface area contributed by atoms with E-state index in [2.05, 4.69) is 5.32 Å². The number of hydrogen-bond donors (Lipinski definition) is 2. The quantitative estimate of drug-likeness (QED) is 0.902. The average molecular weight is 327 g/mol. The maximum Gasteiger partial charge on any atom is 0.407 e. The Morgan fingerprint density at radius 2 is 1.96 bits per heavy atom. The van der Waals surface area contributed by atoms with Crippen molar-refractivity contribution in [1.29, 1.82) is 0 Å². The third-order valence-corrected chi connectivity index (χ3v) is 3.76. The lowest BCUT2D eigenvalue weighted by Crippen LogP contribution is -2.43. The van der Waals surface area contributed by atoms with Gasteiger partial charge in [0.15, 0.2) is 0 Å². The standard InChI is InChI=1S/C18H17NO5/c20-17(21)15-8-4-7-13-9-14(11-23-16(13)15)19-18(22)24-10-12-5-2-1-3-6-12/h1-8,14H,9-11H2,(H,19,22)(H,20,21)/t14-/m0/s1. The summed E-state index contributed by atoms with van der Waals surface area (Å²) in [4.78, 5) is 23.1. The van der Waals surface area contributed by atoms with Gasteiger partial charge in [-0.05, 0) is 23.6 Å². The molecule has 3 rings (SSSR count). The van der Waals surface area contributed by atoms with Gasteiger partial charge in [0.25, 0.3) is 0 Å². The topological polar surface area (TPSA) is 84.9 Å². The second-order valence-corrected chi connectivity index (χ2v) is 5.52. The van der Waals surface area contributed by atoms with E-state index in [9.17, 15) is 9.59 Å². The van der Waals surface area contributed by atoms with Crippen LogP contribution in [-0.4, -0.2) is 29.8 Å². The van der Waals surface area contributed by atoms with Crippen LogP contribution in [0.2, 0.25) is 0 Å². The zero-order chi connectivity index (χ0) is 16.9. The number of nitrogens with one attached hydrogen (secondary N) is 1. The monoisotopic (exact) mass is 327 g/mol. The second kappa shape index (κ2) is 7.04. The minimum Gasteiger partial charge on any atom is -0.490 e. The van der Waals surface area contributed by atoms with Gasteiger partial charge in [-0.1, -0.05) is 42.5 Å². The molecule has 1 heterocycles. The minimum absolute atomic E-state index is 0.137.